The lowest BCUT2D eigenvalue weighted by Gasteiger charge is -2.22. The predicted molar refractivity (Wildman–Crippen MR) is 96.4 cm³/mol. The molecule has 3 rings (SSSR count). The van der Waals surface area contributed by atoms with Crippen molar-refractivity contribution in [1.82, 2.24) is 4.90 Å². The molecule has 0 saturated carbocycles. The minimum absolute atomic E-state index is 0.154. The van der Waals surface area contributed by atoms with Crippen LogP contribution in [0.3, 0.4) is 0 Å². The third-order valence-electron chi connectivity index (χ3n) is 4.39. The third kappa shape index (κ3) is 4.15. The zero-order valence-corrected chi connectivity index (χ0v) is 14.2. The summed E-state index contributed by atoms with van der Waals surface area (Å²) in [4.78, 5) is 14.6. The van der Waals surface area contributed by atoms with Gasteiger partial charge in [-0.2, -0.15) is 0 Å². The third-order valence-corrected chi connectivity index (χ3v) is 4.64. The van der Waals surface area contributed by atoms with Crippen LogP contribution in [0.2, 0.25) is 5.02 Å². The molecule has 2 aromatic carbocycles. The quantitative estimate of drug-likeness (QED) is 0.872. The molecule has 4 nitrogen and oxygen atoms in total. The molecule has 1 amide bonds. The van der Waals surface area contributed by atoms with Crippen LogP contribution in [0.15, 0.2) is 48.5 Å². The fourth-order valence-corrected chi connectivity index (χ4v) is 3.22. The minimum atomic E-state index is -0.154. The number of aliphatic hydroxyl groups excluding tert-OH is 1. The molecule has 126 valence electrons. The molecule has 0 bridgehead atoms. The molecule has 2 aromatic rings. The number of benzene rings is 2. The highest BCUT2D eigenvalue weighted by Gasteiger charge is 2.23. The number of aliphatic hydroxyl groups is 1. The summed E-state index contributed by atoms with van der Waals surface area (Å²) in [7, 11) is 0. The second-order valence-corrected chi connectivity index (χ2v) is 6.55. The number of hydrogen-bond acceptors (Lipinski definition) is 3. The zero-order chi connectivity index (χ0) is 16.9. The smallest absolute Gasteiger partial charge is 0.255 e. The van der Waals surface area contributed by atoms with Crippen LogP contribution < -0.4 is 5.32 Å². The Labute approximate surface area is 147 Å². The van der Waals surface area contributed by atoms with Crippen LogP contribution in [-0.2, 0) is 6.54 Å². The molecule has 1 atom stereocenters. The van der Waals surface area contributed by atoms with E-state index < -0.39 is 0 Å². The number of carbonyl (C=O) groups excluding carboxylic acids is 1. The molecule has 5 heteroatoms. The van der Waals surface area contributed by atoms with Gasteiger partial charge in [0.1, 0.15) is 0 Å². The Hall–Kier alpha value is -1.88. The van der Waals surface area contributed by atoms with E-state index in [2.05, 4.69) is 10.2 Å². The molecule has 0 aromatic heterocycles. The molecule has 1 saturated heterocycles. The summed E-state index contributed by atoms with van der Waals surface area (Å²) in [6, 6.07) is 14.9. The zero-order valence-electron chi connectivity index (χ0n) is 13.4. The molecular formula is C19H21ClN2O2. The van der Waals surface area contributed by atoms with Crippen molar-refractivity contribution in [1.29, 1.82) is 0 Å². The van der Waals surface area contributed by atoms with Crippen LogP contribution in [0.5, 0.6) is 0 Å². The monoisotopic (exact) mass is 344 g/mol. The number of amides is 1. The van der Waals surface area contributed by atoms with E-state index in [-0.39, 0.29) is 18.6 Å². The van der Waals surface area contributed by atoms with Crippen molar-refractivity contribution >= 4 is 23.2 Å². The Morgan fingerprint density at radius 1 is 1.25 bits per heavy atom. The maximum Gasteiger partial charge on any atom is 0.255 e. The van der Waals surface area contributed by atoms with Crippen molar-refractivity contribution in [2.24, 2.45) is 0 Å². The average molecular weight is 345 g/mol. The van der Waals surface area contributed by atoms with E-state index >= 15 is 0 Å². The number of nitrogens with zero attached hydrogens (tertiary/aromatic N) is 1. The first kappa shape index (κ1) is 17.0. The van der Waals surface area contributed by atoms with Crippen molar-refractivity contribution in [3.63, 3.8) is 0 Å². The molecule has 2 N–H and O–H groups in total. The predicted octanol–water partition coefficient (Wildman–Crippen LogP) is 3.55. The van der Waals surface area contributed by atoms with Gasteiger partial charge in [0.05, 0.1) is 6.61 Å². The summed E-state index contributed by atoms with van der Waals surface area (Å²) >= 11 is 5.85. The van der Waals surface area contributed by atoms with Crippen molar-refractivity contribution in [2.45, 2.75) is 25.4 Å². The Bertz CT molecular complexity index is 703. The molecular weight excluding hydrogens is 324 g/mol. The molecule has 1 aliphatic heterocycles. The van der Waals surface area contributed by atoms with Gasteiger partial charge in [-0.15, -0.1) is 0 Å². The van der Waals surface area contributed by atoms with E-state index in [1.165, 1.54) is 0 Å². The largest absolute Gasteiger partial charge is 0.395 e. The lowest BCUT2D eigenvalue weighted by Crippen LogP contribution is -2.31. The van der Waals surface area contributed by atoms with Gasteiger partial charge in [0.25, 0.3) is 5.91 Å². The van der Waals surface area contributed by atoms with E-state index in [1.54, 1.807) is 24.3 Å². The van der Waals surface area contributed by atoms with Crippen molar-refractivity contribution in [3.05, 3.63) is 64.7 Å². The summed E-state index contributed by atoms with van der Waals surface area (Å²) in [5.74, 6) is -0.154. The van der Waals surface area contributed by atoms with Gasteiger partial charge >= 0.3 is 0 Å². The topological polar surface area (TPSA) is 52.6 Å². The number of likely N-dealkylation sites (tertiary alicyclic amines) is 1. The van der Waals surface area contributed by atoms with Gasteiger partial charge in [-0.3, -0.25) is 9.69 Å². The summed E-state index contributed by atoms with van der Waals surface area (Å²) in [6.45, 7) is 2.00. The summed E-state index contributed by atoms with van der Waals surface area (Å²) in [5, 5.41) is 13.0. The van der Waals surface area contributed by atoms with E-state index in [4.69, 9.17) is 11.6 Å². The van der Waals surface area contributed by atoms with Gasteiger partial charge < -0.3 is 10.4 Å². The van der Waals surface area contributed by atoms with Crippen molar-refractivity contribution in [3.8, 4) is 0 Å². The van der Waals surface area contributed by atoms with Crippen molar-refractivity contribution in [2.75, 3.05) is 18.5 Å². The van der Waals surface area contributed by atoms with Gasteiger partial charge in [0.15, 0.2) is 0 Å². The number of halogens is 1. The van der Waals surface area contributed by atoms with Gasteiger partial charge in [0, 0.05) is 28.9 Å². The summed E-state index contributed by atoms with van der Waals surface area (Å²) in [5.41, 5.74) is 2.47. The van der Waals surface area contributed by atoms with E-state index in [0.717, 1.165) is 37.2 Å². The van der Waals surface area contributed by atoms with Crippen molar-refractivity contribution < 1.29 is 9.90 Å². The molecule has 1 heterocycles. The normalized spacial score (nSPS) is 17.8. The number of hydrogen-bond donors (Lipinski definition) is 2. The standard InChI is InChI=1S/C19H21ClN2O2/c20-16-8-6-15(7-9-16)19(24)21-17-4-1-3-14(11-17)12-22-10-2-5-18(22)13-23/h1,3-4,6-9,11,18,23H,2,5,10,12-13H2,(H,21,24)/t18-/m1/s1. The molecule has 24 heavy (non-hydrogen) atoms. The highest BCUT2D eigenvalue weighted by Crippen LogP contribution is 2.21. The Morgan fingerprint density at radius 2 is 2.04 bits per heavy atom. The number of carbonyl (C=O) groups is 1. The van der Waals surface area contributed by atoms with E-state index in [0.29, 0.717) is 10.6 Å². The first-order valence-electron chi connectivity index (χ1n) is 8.16. The summed E-state index contributed by atoms with van der Waals surface area (Å²) < 4.78 is 0. The van der Waals surface area contributed by atoms with Crippen LogP contribution in [0.4, 0.5) is 5.69 Å². The first-order chi connectivity index (χ1) is 11.7. The minimum Gasteiger partial charge on any atom is -0.395 e. The lowest BCUT2D eigenvalue weighted by molar-refractivity contribution is 0.102. The lowest BCUT2D eigenvalue weighted by atomic mass is 10.1. The number of rotatable bonds is 5. The van der Waals surface area contributed by atoms with E-state index in [1.807, 2.05) is 24.3 Å². The second-order valence-electron chi connectivity index (χ2n) is 6.11. The molecule has 0 aliphatic carbocycles. The number of nitrogens with one attached hydrogen (secondary N) is 1. The fraction of sp³-hybridized carbons (Fsp3) is 0.316. The highest BCUT2D eigenvalue weighted by molar-refractivity contribution is 6.30. The highest BCUT2D eigenvalue weighted by atomic mass is 35.5. The molecule has 1 aliphatic rings. The molecule has 0 spiro atoms. The summed E-state index contributed by atoms with van der Waals surface area (Å²) in [6.07, 6.45) is 2.17. The maximum atomic E-state index is 12.3. The first-order valence-corrected chi connectivity index (χ1v) is 8.54. The van der Waals surface area contributed by atoms with E-state index in [9.17, 15) is 9.90 Å². The van der Waals surface area contributed by atoms with Crippen LogP contribution in [0.25, 0.3) is 0 Å². The van der Waals surface area contributed by atoms with Crippen LogP contribution in [-0.4, -0.2) is 35.1 Å². The van der Waals surface area contributed by atoms with Gasteiger partial charge in [-0.25, -0.2) is 0 Å². The average Bonchev–Trinajstić information content (AvgIpc) is 3.03. The molecule has 0 radical (unpaired) electrons. The Balaban J connectivity index is 1.66. The van der Waals surface area contributed by atoms with Crippen LogP contribution in [0, 0.1) is 0 Å². The fourth-order valence-electron chi connectivity index (χ4n) is 3.10. The van der Waals surface area contributed by atoms with Gasteiger partial charge in [-0.1, -0.05) is 23.7 Å². The maximum absolute atomic E-state index is 12.3. The Kier molecular flexibility index (Phi) is 5.51. The van der Waals surface area contributed by atoms with Gasteiger partial charge in [0.2, 0.25) is 0 Å². The molecule has 0 unspecified atom stereocenters. The SMILES string of the molecule is O=C(Nc1cccc(CN2CCC[C@@H]2CO)c1)c1ccc(Cl)cc1. The van der Waals surface area contributed by atoms with Gasteiger partial charge in [-0.05, 0) is 61.3 Å². The number of anilines is 1. The molecule has 1 fully saturated rings. The van der Waals surface area contributed by atoms with Crippen LogP contribution in [0.1, 0.15) is 28.8 Å². The second kappa shape index (κ2) is 7.79. The Morgan fingerprint density at radius 3 is 2.79 bits per heavy atom. The van der Waals surface area contributed by atoms with Crippen LogP contribution >= 0.6 is 11.6 Å².